The monoisotopic (exact) mass is 182 g/mol. The van der Waals surface area contributed by atoms with Gasteiger partial charge in [-0.05, 0) is 38.5 Å². The van der Waals surface area contributed by atoms with Gasteiger partial charge in [0.15, 0.2) is 5.78 Å². The Balaban J connectivity index is 2.16. The molecule has 13 heavy (non-hydrogen) atoms. The molecule has 1 saturated carbocycles. The highest BCUT2D eigenvalue weighted by molar-refractivity contribution is 5.88. The number of carbonyl (C=O) groups is 1. The van der Waals surface area contributed by atoms with Crippen LogP contribution >= 0.6 is 0 Å². The molecule has 0 bridgehead atoms. The molecule has 0 amide bonds. The molecule has 2 nitrogen and oxygen atoms in total. The predicted octanol–water partition coefficient (Wildman–Crippen LogP) is 2.31. The van der Waals surface area contributed by atoms with Crippen LogP contribution < -0.4 is 0 Å². The van der Waals surface area contributed by atoms with Crippen molar-refractivity contribution >= 4 is 5.78 Å². The van der Waals surface area contributed by atoms with E-state index in [-0.39, 0.29) is 11.7 Å². The van der Waals surface area contributed by atoms with Gasteiger partial charge in [-0.15, -0.1) is 0 Å². The minimum atomic E-state index is -0.364. The van der Waals surface area contributed by atoms with Crippen LogP contribution in [0.3, 0.4) is 0 Å². The Morgan fingerprint density at radius 1 is 1.38 bits per heavy atom. The molecule has 0 aromatic carbocycles. The molecule has 1 aliphatic heterocycles. The summed E-state index contributed by atoms with van der Waals surface area (Å²) in [6.07, 6.45) is 5.13. The van der Waals surface area contributed by atoms with Crippen LogP contribution in [0.2, 0.25) is 0 Å². The number of hydrogen-bond donors (Lipinski definition) is 0. The molecule has 0 N–H and O–H groups in total. The summed E-state index contributed by atoms with van der Waals surface area (Å²) < 4.78 is 5.86. The molecule has 0 aromatic rings. The van der Waals surface area contributed by atoms with Crippen LogP contribution in [0.15, 0.2) is 0 Å². The van der Waals surface area contributed by atoms with Crippen LogP contribution in [0.5, 0.6) is 0 Å². The zero-order valence-corrected chi connectivity index (χ0v) is 8.51. The van der Waals surface area contributed by atoms with E-state index in [0.717, 1.165) is 32.1 Å². The summed E-state index contributed by atoms with van der Waals surface area (Å²) >= 11 is 0. The van der Waals surface area contributed by atoms with E-state index in [4.69, 9.17) is 4.74 Å². The smallest absolute Gasteiger partial charge is 0.164 e. The van der Waals surface area contributed by atoms with Gasteiger partial charge < -0.3 is 4.74 Å². The van der Waals surface area contributed by atoms with Crippen molar-refractivity contribution in [2.24, 2.45) is 5.92 Å². The first kappa shape index (κ1) is 9.20. The lowest BCUT2D eigenvalue weighted by Crippen LogP contribution is -2.41. The fourth-order valence-corrected chi connectivity index (χ4v) is 2.61. The topological polar surface area (TPSA) is 26.3 Å². The van der Waals surface area contributed by atoms with Crippen LogP contribution in [0.1, 0.15) is 46.0 Å². The minimum absolute atomic E-state index is 0.266. The Bertz CT molecular complexity index is 212. The highest BCUT2D eigenvalue weighted by atomic mass is 16.5. The van der Waals surface area contributed by atoms with Crippen molar-refractivity contribution in [2.75, 3.05) is 0 Å². The van der Waals surface area contributed by atoms with Gasteiger partial charge in [-0.2, -0.15) is 0 Å². The van der Waals surface area contributed by atoms with E-state index < -0.39 is 0 Å². The SMILES string of the molecule is C[C@@H]1C[C@@]2(CCCCC2=O)O[C@@H]1C. The average Bonchev–Trinajstić information content (AvgIpc) is 2.36. The van der Waals surface area contributed by atoms with E-state index in [2.05, 4.69) is 13.8 Å². The van der Waals surface area contributed by atoms with Crippen molar-refractivity contribution in [2.45, 2.75) is 57.7 Å². The quantitative estimate of drug-likeness (QED) is 0.574. The molecule has 0 unspecified atom stereocenters. The maximum absolute atomic E-state index is 11.8. The van der Waals surface area contributed by atoms with Crippen LogP contribution in [0.25, 0.3) is 0 Å². The Morgan fingerprint density at radius 2 is 2.15 bits per heavy atom. The van der Waals surface area contributed by atoms with Gasteiger partial charge >= 0.3 is 0 Å². The summed E-state index contributed by atoms with van der Waals surface area (Å²) in [6, 6.07) is 0. The second-order valence-corrected chi connectivity index (χ2v) is 4.63. The third kappa shape index (κ3) is 1.41. The standard InChI is InChI=1S/C11H18O2/c1-8-7-11(13-9(8)2)6-4-3-5-10(11)12/h8-9H,3-7H2,1-2H3/t8-,9-,11-/m1/s1. The van der Waals surface area contributed by atoms with Crippen LogP contribution in [-0.2, 0) is 9.53 Å². The Kier molecular flexibility index (Phi) is 2.18. The number of carbonyl (C=O) groups excluding carboxylic acids is 1. The van der Waals surface area contributed by atoms with Crippen LogP contribution in [0, 0.1) is 5.92 Å². The lowest BCUT2D eigenvalue weighted by atomic mass is 9.79. The largest absolute Gasteiger partial charge is 0.364 e. The number of hydrogen-bond acceptors (Lipinski definition) is 2. The lowest BCUT2D eigenvalue weighted by molar-refractivity contribution is -0.146. The van der Waals surface area contributed by atoms with E-state index in [1.807, 2.05) is 0 Å². The molecular formula is C11H18O2. The number of ether oxygens (including phenoxy) is 1. The third-order valence-electron chi connectivity index (χ3n) is 3.61. The zero-order chi connectivity index (χ0) is 9.47. The van der Waals surface area contributed by atoms with Crippen molar-refractivity contribution in [1.29, 1.82) is 0 Å². The second-order valence-electron chi connectivity index (χ2n) is 4.63. The maximum Gasteiger partial charge on any atom is 0.164 e. The first-order valence-corrected chi connectivity index (χ1v) is 5.35. The van der Waals surface area contributed by atoms with E-state index in [9.17, 15) is 4.79 Å². The molecule has 1 spiro atoms. The van der Waals surface area contributed by atoms with Crippen molar-refractivity contribution < 1.29 is 9.53 Å². The molecular weight excluding hydrogens is 164 g/mol. The van der Waals surface area contributed by atoms with E-state index >= 15 is 0 Å². The summed E-state index contributed by atoms with van der Waals surface area (Å²) in [5.41, 5.74) is -0.364. The van der Waals surface area contributed by atoms with Gasteiger partial charge in [-0.25, -0.2) is 0 Å². The van der Waals surface area contributed by atoms with E-state index in [1.165, 1.54) is 0 Å². The first-order valence-electron chi connectivity index (χ1n) is 5.35. The fourth-order valence-electron chi connectivity index (χ4n) is 2.61. The third-order valence-corrected chi connectivity index (χ3v) is 3.61. The second kappa shape index (κ2) is 3.09. The number of rotatable bonds is 0. The molecule has 2 rings (SSSR count). The molecule has 0 radical (unpaired) electrons. The van der Waals surface area contributed by atoms with Crippen molar-refractivity contribution in [3.8, 4) is 0 Å². The van der Waals surface area contributed by atoms with Crippen molar-refractivity contribution in [3.63, 3.8) is 0 Å². The van der Waals surface area contributed by atoms with E-state index in [0.29, 0.717) is 11.7 Å². The highest BCUT2D eigenvalue weighted by Gasteiger charge is 2.48. The van der Waals surface area contributed by atoms with Gasteiger partial charge in [0.1, 0.15) is 5.60 Å². The summed E-state index contributed by atoms with van der Waals surface area (Å²) in [6.45, 7) is 4.27. The maximum atomic E-state index is 11.8. The van der Waals surface area contributed by atoms with Gasteiger partial charge in [-0.1, -0.05) is 6.92 Å². The van der Waals surface area contributed by atoms with Gasteiger partial charge in [-0.3, -0.25) is 4.79 Å². The minimum Gasteiger partial charge on any atom is -0.364 e. The molecule has 3 atom stereocenters. The van der Waals surface area contributed by atoms with Crippen molar-refractivity contribution in [3.05, 3.63) is 0 Å². The molecule has 0 aromatic heterocycles. The summed E-state index contributed by atoms with van der Waals surface area (Å²) in [4.78, 5) is 11.8. The Labute approximate surface area is 79.7 Å². The number of ketones is 1. The normalized spacial score (nSPS) is 45.8. The van der Waals surface area contributed by atoms with Crippen LogP contribution in [-0.4, -0.2) is 17.5 Å². The first-order chi connectivity index (χ1) is 6.14. The van der Waals surface area contributed by atoms with Gasteiger partial charge in [0, 0.05) is 6.42 Å². The predicted molar refractivity (Wildman–Crippen MR) is 50.5 cm³/mol. The fraction of sp³-hybridized carbons (Fsp3) is 0.909. The Hall–Kier alpha value is -0.370. The Morgan fingerprint density at radius 3 is 2.69 bits per heavy atom. The zero-order valence-electron chi connectivity index (χ0n) is 8.51. The van der Waals surface area contributed by atoms with Gasteiger partial charge in [0.25, 0.3) is 0 Å². The van der Waals surface area contributed by atoms with Gasteiger partial charge in [0.2, 0.25) is 0 Å². The molecule has 2 fully saturated rings. The average molecular weight is 182 g/mol. The summed E-state index contributed by atoms with van der Waals surface area (Å²) in [5.74, 6) is 0.900. The van der Waals surface area contributed by atoms with Crippen LogP contribution in [0.4, 0.5) is 0 Å². The highest BCUT2D eigenvalue weighted by Crippen LogP contribution is 2.42. The number of Topliss-reactive ketones (excluding diaryl/α,β-unsaturated/α-hetero) is 1. The molecule has 74 valence electrons. The molecule has 1 saturated heterocycles. The van der Waals surface area contributed by atoms with Crippen molar-refractivity contribution in [1.82, 2.24) is 0 Å². The molecule has 2 aliphatic rings. The van der Waals surface area contributed by atoms with E-state index in [1.54, 1.807) is 0 Å². The summed E-state index contributed by atoms with van der Waals surface area (Å²) in [7, 11) is 0. The molecule has 1 aliphatic carbocycles. The molecule has 2 heteroatoms. The van der Waals surface area contributed by atoms with Gasteiger partial charge in [0.05, 0.1) is 6.10 Å². The molecule has 1 heterocycles. The summed E-state index contributed by atoms with van der Waals surface area (Å²) in [5, 5.41) is 0. The lowest BCUT2D eigenvalue weighted by Gasteiger charge is -2.31.